The van der Waals surface area contributed by atoms with E-state index in [0.717, 1.165) is 15.8 Å². The third-order valence-electron chi connectivity index (χ3n) is 2.54. The Bertz CT molecular complexity index is 641. The Hall–Kier alpha value is -2.33. The van der Waals surface area contributed by atoms with Gasteiger partial charge >= 0.3 is 0 Å². The van der Waals surface area contributed by atoms with Gasteiger partial charge in [-0.15, -0.1) is 0 Å². The van der Waals surface area contributed by atoms with Crippen LogP contribution in [0.2, 0.25) is 0 Å². The lowest BCUT2D eigenvalue weighted by molar-refractivity contribution is 0.412. The van der Waals surface area contributed by atoms with Gasteiger partial charge in [0, 0.05) is 12.6 Å². The van der Waals surface area contributed by atoms with Crippen LogP contribution >= 0.6 is 15.9 Å². The monoisotopic (exact) mass is 333 g/mol. The summed E-state index contributed by atoms with van der Waals surface area (Å²) in [4.78, 5) is 8.00. The number of halogens is 1. The van der Waals surface area contributed by atoms with Crippen molar-refractivity contribution in [1.29, 1.82) is 5.26 Å². The average Bonchev–Trinajstić information content (AvgIpc) is 2.46. The van der Waals surface area contributed by atoms with Gasteiger partial charge < -0.3 is 10.1 Å². The molecule has 0 saturated heterocycles. The minimum absolute atomic E-state index is 0.459. The first-order chi connectivity index (χ1) is 9.72. The van der Waals surface area contributed by atoms with E-state index in [4.69, 9.17) is 10.00 Å². The second-order valence-electron chi connectivity index (χ2n) is 3.85. The van der Waals surface area contributed by atoms with Crippen LogP contribution in [0.5, 0.6) is 5.75 Å². The van der Waals surface area contributed by atoms with Crippen molar-refractivity contribution < 1.29 is 4.74 Å². The quantitative estimate of drug-likeness (QED) is 0.646. The van der Waals surface area contributed by atoms with Crippen molar-refractivity contribution in [3.63, 3.8) is 0 Å². The molecular weight excluding hydrogens is 322 g/mol. The normalized spacial score (nSPS) is 9.65. The molecule has 0 aliphatic heterocycles. The Morgan fingerprint density at radius 2 is 2.10 bits per heavy atom. The maximum absolute atomic E-state index is 8.54. The Morgan fingerprint density at radius 1 is 1.30 bits per heavy atom. The van der Waals surface area contributed by atoms with Gasteiger partial charge in [-0.2, -0.15) is 5.26 Å². The summed E-state index contributed by atoms with van der Waals surface area (Å²) < 4.78 is 6.08. The number of hydrogen-bond donors (Lipinski definition) is 2. The Kier molecular flexibility index (Phi) is 4.74. The number of rotatable bonds is 5. The van der Waals surface area contributed by atoms with Gasteiger partial charge in [-0.05, 0) is 33.6 Å². The molecule has 1 heterocycles. The van der Waals surface area contributed by atoms with E-state index < -0.39 is 0 Å². The molecule has 0 saturated carbocycles. The molecule has 2 aromatic rings. The fraction of sp³-hybridized carbons (Fsp3) is 0.154. The summed E-state index contributed by atoms with van der Waals surface area (Å²) in [6, 6.07) is 7.50. The molecule has 0 spiro atoms. The molecule has 0 fully saturated rings. The van der Waals surface area contributed by atoms with Crippen LogP contribution in [0.4, 0.5) is 11.6 Å². The smallest absolute Gasteiger partial charge is 0.182 e. The number of nitrogens with zero attached hydrogens (tertiary/aromatic N) is 3. The molecule has 0 amide bonds. The topological polar surface area (TPSA) is 82.9 Å². The number of aromatic nitrogens is 2. The van der Waals surface area contributed by atoms with Crippen LogP contribution in [0.15, 0.2) is 35.1 Å². The maximum Gasteiger partial charge on any atom is 0.182 e. The van der Waals surface area contributed by atoms with Crippen LogP contribution in [0.1, 0.15) is 5.56 Å². The standard InChI is InChI=1S/C13H12BrN5O/c1-20-11-3-2-9(4-10(11)14)6-16-12-5-13(17-7-15)19-8-18-12/h2-5,8H,6H2,1H3,(H2,16,17,18,19). The number of nitriles is 1. The van der Waals surface area contributed by atoms with E-state index in [9.17, 15) is 0 Å². The summed E-state index contributed by atoms with van der Waals surface area (Å²) in [7, 11) is 1.63. The van der Waals surface area contributed by atoms with Crippen LogP contribution in [0.3, 0.4) is 0 Å². The van der Waals surface area contributed by atoms with E-state index >= 15 is 0 Å². The number of nitrogens with one attached hydrogen (secondary N) is 2. The number of ether oxygens (including phenoxy) is 1. The van der Waals surface area contributed by atoms with E-state index in [1.807, 2.05) is 24.4 Å². The van der Waals surface area contributed by atoms with Crippen molar-refractivity contribution >= 4 is 27.6 Å². The summed E-state index contributed by atoms with van der Waals surface area (Å²) in [5, 5.41) is 14.2. The number of anilines is 2. The molecule has 2 rings (SSSR count). The zero-order valence-electron chi connectivity index (χ0n) is 10.7. The molecule has 102 valence electrons. The lowest BCUT2D eigenvalue weighted by atomic mass is 10.2. The highest BCUT2D eigenvalue weighted by Gasteiger charge is 2.02. The summed E-state index contributed by atoms with van der Waals surface area (Å²) in [6.45, 7) is 0.603. The van der Waals surface area contributed by atoms with E-state index in [1.54, 1.807) is 13.2 Å². The van der Waals surface area contributed by atoms with Crippen LogP contribution < -0.4 is 15.4 Å². The largest absolute Gasteiger partial charge is 0.496 e. The van der Waals surface area contributed by atoms with Crippen LogP contribution in [0.25, 0.3) is 0 Å². The van der Waals surface area contributed by atoms with Crippen LogP contribution in [0, 0.1) is 11.5 Å². The van der Waals surface area contributed by atoms with Crippen LogP contribution in [-0.4, -0.2) is 17.1 Å². The van der Waals surface area contributed by atoms with Crippen molar-refractivity contribution in [2.24, 2.45) is 0 Å². The first-order valence-corrected chi connectivity index (χ1v) is 6.55. The molecule has 2 N–H and O–H groups in total. The van der Waals surface area contributed by atoms with E-state index in [1.165, 1.54) is 6.33 Å². The zero-order valence-corrected chi connectivity index (χ0v) is 12.3. The number of methoxy groups -OCH3 is 1. The maximum atomic E-state index is 8.54. The van der Waals surface area contributed by atoms with Gasteiger partial charge in [0.05, 0.1) is 11.6 Å². The van der Waals surface area contributed by atoms with Gasteiger partial charge in [0.2, 0.25) is 0 Å². The summed E-state index contributed by atoms with van der Waals surface area (Å²) in [6.07, 6.45) is 3.21. The first kappa shape index (κ1) is 14.1. The minimum atomic E-state index is 0.459. The Balaban J connectivity index is 2.03. The van der Waals surface area contributed by atoms with Gasteiger partial charge in [0.15, 0.2) is 6.19 Å². The van der Waals surface area contributed by atoms with E-state index in [2.05, 4.69) is 36.5 Å². The fourth-order valence-corrected chi connectivity index (χ4v) is 2.18. The molecule has 0 bridgehead atoms. The summed E-state index contributed by atoms with van der Waals surface area (Å²) in [5.41, 5.74) is 1.08. The van der Waals surface area contributed by atoms with Crippen LogP contribution in [-0.2, 0) is 6.54 Å². The van der Waals surface area contributed by atoms with Crippen molar-refractivity contribution in [3.8, 4) is 11.9 Å². The third-order valence-corrected chi connectivity index (χ3v) is 3.16. The lowest BCUT2D eigenvalue weighted by Crippen LogP contribution is -2.03. The van der Waals surface area contributed by atoms with Crippen molar-refractivity contribution in [1.82, 2.24) is 9.97 Å². The molecule has 0 aliphatic carbocycles. The van der Waals surface area contributed by atoms with Gasteiger partial charge in [-0.3, -0.25) is 5.32 Å². The highest BCUT2D eigenvalue weighted by molar-refractivity contribution is 9.10. The molecule has 0 radical (unpaired) electrons. The minimum Gasteiger partial charge on any atom is -0.496 e. The average molecular weight is 334 g/mol. The van der Waals surface area contributed by atoms with Crippen molar-refractivity contribution in [3.05, 3.63) is 40.6 Å². The highest BCUT2D eigenvalue weighted by Crippen LogP contribution is 2.25. The molecule has 6 nitrogen and oxygen atoms in total. The Labute approximate surface area is 124 Å². The molecule has 0 unspecified atom stereocenters. The highest BCUT2D eigenvalue weighted by atomic mass is 79.9. The molecule has 1 aromatic carbocycles. The Morgan fingerprint density at radius 3 is 2.80 bits per heavy atom. The zero-order chi connectivity index (χ0) is 14.4. The molecule has 20 heavy (non-hydrogen) atoms. The predicted molar refractivity (Wildman–Crippen MR) is 79.3 cm³/mol. The summed E-state index contributed by atoms with van der Waals surface area (Å²) >= 11 is 3.44. The predicted octanol–water partition coefficient (Wildman–Crippen LogP) is 2.75. The molecule has 1 aromatic heterocycles. The first-order valence-electron chi connectivity index (χ1n) is 5.76. The second-order valence-corrected chi connectivity index (χ2v) is 4.70. The van der Waals surface area contributed by atoms with Gasteiger partial charge in [-0.25, -0.2) is 9.97 Å². The van der Waals surface area contributed by atoms with Gasteiger partial charge in [0.1, 0.15) is 23.7 Å². The SMILES string of the molecule is COc1ccc(CNc2cc(NC#N)ncn2)cc1Br. The second kappa shape index (κ2) is 6.73. The van der Waals surface area contributed by atoms with Gasteiger partial charge in [-0.1, -0.05) is 6.07 Å². The molecule has 0 aliphatic rings. The van der Waals surface area contributed by atoms with Gasteiger partial charge in [0.25, 0.3) is 0 Å². The molecular formula is C13H12BrN5O. The van der Waals surface area contributed by atoms with E-state index in [0.29, 0.717) is 18.2 Å². The molecule has 0 atom stereocenters. The number of hydrogen-bond acceptors (Lipinski definition) is 6. The lowest BCUT2D eigenvalue weighted by Gasteiger charge is -2.08. The third kappa shape index (κ3) is 3.59. The van der Waals surface area contributed by atoms with E-state index in [-0.39, 0.29) is 0 Å². The number of benzene rings is 1. The van der Waals surface area contributed by atoms with Crippen molar-refractivity contribution in [2.45, 2.75) is 6.54 Å². The summed E-state index contributed by atoms with van der Waals surface area (Å²) in [5.74, 6) is 1.89. The van der Waals surface area contributed by atoms with Crippen molar-refractivity contribution in [2.75, 3.05) is 17.7 Å². The fourth-order valence-electron chi connectivity index (χ4n) is 1.59. The molecule has 7 heteroatoms.